The van der Waals surface area contributed by atoms with Crippen molar-refractivity contribution in [1.29, 1.82) is 0 Å². The van der Waals surface area contributed by atoms with Gasteiger partial charge in [0.15, 0.2) is 11.5 Å². The van der Waals surface area contributed by atoms with Gasteiger partial charge >= 0.3 is 0 Å². The minimum absolute atomic E-state index is 0.0221. The third-order valence-electron chi connectivity index (χ3n) is 5.83. The first-order valence-electron chi connectivity index (χ1n) is 10.2. The van der Waals surface area contributed by atoms with Crippen LogP contribution in [0.4, 0.5) is 5.82 Å². The number of hydrogen-bond donors (Lipinski definition) is 2. The van der Waals surface area contributed by atoms with Gasteiger partial charge in [-0.3, -0.25) is 14.6 Å². The van der Waals surface area contributed by atoms with Crippen LogP contribution < -0.4 is 11.1 Å². The Morgan fingerprint density at radius 3 is 2.42 bits per heavy atom. The number of hydrogen-bond acceptors (Lipinski definition) is 6. The number of pyridine rings is 1. The molecule has 3 heterocycles. The van der Waals surface area contributed by atoms with E-state index in [-0.39, 0.29) is 28.7 Å². The van der Waals surface area contributed by atoms with Crippen LogP contribution in [0.15, 0.2) is 67.3 Å². The third-order valence-corrected chi connectivity index (χ3v) is 5.83. The van der Waals surface area contributed by atoms with E-state index in [9.17, 15) is 9.59 Å². The molecule has 31 heavy (non-hydrogen) atoms. The Bertz CT molecular complexity index is 1050. The van der Waals surface area contributed by atoms with Crippen LogP contribution >= 0.6 is 0 Å². The molecule has 1 fully saturated rings. The second-order valence-electron chi connectivity index (χ2n) is 7.65. The summed E-state index contributed by atoms with van der Waals surface area (Å²) < 4.78 is 0. The quantitative estimate of drug-likeness (QED) is 0.658. The molecule has 2 amide bonds. The summed E-state index contributed by atoms with van der Waals surface area (Å²) in [6, 6.07) is 13.6. The maximum atomic E-state index is 12.8. The molecule has 0 aliphatic carbocycles. The lowest BCUT2D eigenvalue weighted by Crippen LogP contribution is -2.50. The molecular weight excluding hydrogens is 392 g/mol. The van der Waals surface area contributed by atoms with Crippen molar-refractivity contribution >= 4 is 17.6 Å². The van der Waals surface area contributed by atoms with Crippen molar-refractivity contribution in [2.45, 2.75) is 18.3 Å². The molecule has 1 aromatic carbocycles. The Hall–Kier alpha value is -3.81. The summed E-state index contributed by atoms with van der Waals surface area (Å²) in [5.74, 6) is -0.272. The predicted octanol–water partition coefficient (Wildman–Crippen LogP) is 2.06. The van der Waals surface area contributed by atoms with E-state index in [0.29, 0.717) is 25.2 Å². The van der Waals surface area contributed by atoms with E-state index in [1.54, 1.807) is 24.5 Å². The van der Waals surface area contributed by atoms with Gasteiger partial charge < -0.3 is 16.0 Å². The molecule has 0 bridgehead atoms. The van der Waals surface area contributed by atoms with E-state index in [4.69, 9.17) is 5.73 Å². The van der Waals surface area contributed by atoms with Gasteiger partial charge in [-0.05, 0) is 30.5 Å². The predicted molar refractivity (Wildman–Crippen MR) is 116 cm³/mol. The number of carbonyl (C=O) groups excluding carboxylic acids is 2. The fourth-order valence-electron chi connectivity index (χ4n) is 4.03. The van der Waals surface area contributed by atoms with Gasteiger partial charge in [-0.2, -0.15) is 0 Å². The molecule has 0 spiro atoms. The molecule has 0 saturated carbocycles. The van der Waals surface area contributed by atoms with Gasteiger partial charge in [0.05, 0.1) is 5.56 Å². The van der Waals surface area contributed by atoms with Crippen molar-refractivity contribution in [1.82, 2.24) is 25.2 Å². The average Bonchev–Trinajstić information content (AvgIpc) is 2.84. The van der Waals surface area contributed by atoms with E-state index in [2.05, 4.69) is 32.4 Å². The van der Waals surface area contributed by atoms with Crippen LogP contribution in [0.5, 0.6) is 0 Å². The van der Waals surface area contributed by atoms with E-state index in [1.807, 2.05) is 23.1 Å². The number of nitrogens with zero attached hydrogens (tertiary/aromatic N) is 4. The highest BCUT2D eigenvalue weighted by Gasteiger charge is 2.38. The van der Waals surface area contributed by atoms with E-state index in [0.717, 1.165) is 18.4 Å². The monoisotopic (exact) mass is 416 g/mol. The van der Waals surface area contributed by atoms with E-state index < -0.39 is 0 Å². The molecule has 3 N–H and O–H groups in total. The highest BCUT2D eigenvalue weighted by atomic mass is 16.2. The molecule has 1 aliphatic heterocycles. The lowest BCUT2D eigenvalue weighted by Gasteiger charge is -2.42. The normalized spacial score (nSPS) is 15.3. The van der Waals surface area contributed by atoms with Crippen molar-refractivity contribution in [3.05, 3.63) is 84.1 Å². The summed E-state index contributed by atoms with van der Waals surface area (Å²) in [5, 5.41) is 2.99. The number of aromatic nitrogens is 3. The van der Waals surface area contributed by atoms with Crippen LogP contribution in [-0.4, -0.2) is 51.3 Å². The maximum Gasteiger partial charge on any atom is 0.273 e. The Kier molecular flexibility index (Phi) is 5.88. The number of nitrogens with two attached hydrogens (primary N) is 1. The lowest BCUT2D eigenvalue weighted by atomic mass is 9.72. The number of amides is 2. The van der Waals surface area contributed by atoms with Gasteiger partial charge in [0.2, 0.25) is 0 Å². The summed E-state index contributed by atoms with van der Waals surface area (Å²) in [5.41, 5.74) is 7.35. The van der Waals surface area contributed by atoms with Gasteiger partial charge in [-0.25, -0.2) is 9.97 Å². The zero-order chi connectivity index (χ0) is 21.7. The molecule has 4 rings (SSSR count). The van der Waals surface area contributed by atoms with Crippen LogP contribution in [0, 0.1) is 0 Å². The number of carbonyl (C=O) groups is 2. The van der Waals surface area contributed by atoms with Gasteiger partial charge in [-0.1, -0.05) is 30.3 Å². The number of anilines is 1. The summed E-state index contributed by atoms with van der Waals surface area (Å²) in [6.07, 6.45) is 7.58. The number of nitrogens with one attached hydrogen (secondary N) is 1. The van der Waals surface area contributed by atoms with Crippen molar-refractivity contribution < 1.29 is 9.59 Å². The first-order valence-corrected chi connectivity index (χ1v) is 10.2. The van der Waals surface area contributed by atoms with Gasteiger partial charge in [0.1, 0.15) is 0 Å². The molecule has 1 aliphatic rings. The molecule has 0 unspecified atom stereocenters. The second-order valence-corrected chi connectivity index (χ2v) is 7.65. The number of piperidine rings is 1. The van der Waals surface area contributed by atoms with Crippen molar-refractivity contribution in [3.63, 3.8) is 0 Å². The number of rotatable bonds is 5. The molecule has 158 valence electrons. The topological polar surface area (TPSA) is 114 Å². The first-order chi connectivity index (χ1) is 15.1. The molecule has 3 aromatic rings. The number of benzene rings is 1. The largest absolute Gasteiger partial charge is 0.382 e. The summed E-state index contributed by atoms with van der Waals surface area (Å²) in [4.78, 5) is 39.4. The van der Waals surface area contributed by atoms with Gasteiger partial charge in [0, 0.05) is 49.8 Å². The lowest BCUT2D eigenvalue weighted by molar-refractivity contribution is 0.0656. The van der Waals surface area contributed by atoms with Crippen molar-refractivity contribution in [2.24, 2.45) is 0 Å². The van der Waals surface area contributed by atoms with Gasteiger partial charge in [-0.15, -0.1) is 0 Å². The summed E-state index contributed by atoms with van der Waals surface area (Å²) in [7, 11) is 0. The van der Waals surface area contributed by atoms with Crippen LogP contribution in [0.1, 0.15) is 39.3 Å². The SMILES string of the molecule is Nc1nccnc1C(=O)NCC1(c2ccccc2)CCN(C(=O)c2cccnc2)CC1. The van der Waals surface area contributed by atoms with Crippen molar-refractivity contribution in [2.75, 3.05) is 25.4 Å². The van der Waals surface area contributed by atoms with Crippen LogP contribution in [-0.2, 0) is 5.41 Å². The second kappa shape index (κ2) is 8.91. The Morgan fingerprint density at radius 2 is 1.74 bits per heavy atom. The minimum atomic E-state index is -0.352. The Labute approximate surface area is 180 Å². The molecule has 1 saturated heterocycles. The summed E-state index contributed by atoms with van der Waals surface area (Å²) in [6.45, 7) is 1.60. The molecule has 8 heteroatoms. The molecule has 2 aromatic heterocycles. The molecular formula is C23H24N6O2. The van der Waals surface area contributed by atoms with Gasteiger partial charge in [0.25, 0.3) is 11.8 Å². The fourth-order valence-corrected chi connectivity index (χ4v) is 4.03. The third kappa shape index (κ3) is 4.37. The highest BCUT2D eigenvalue weighted by Crippen LogP contribution is 2.35. The zero-order valence-electron chi connectivity index (χ0n) is 17.1. The highest BCUT2D eigenvalue weighted by molar-refractivity contribution is 5.96. The standard InChI is InChI=1S/C23H24N6O2/c24-20-19(26-11-12-27-20)21(30)28-16-23(18-6-2-1-3-7-18)8-13-29(14-9-23)22(31)17-5-4-10-25-15-17/h1-7,10-12,15H,8-9,13-14,16H2,(H2,24,27)(H,28,30). The fraction of sp³-hybridized carbons (Fsp3) is 0.261. The van der Waals surface area contributed by atoms with E-state index in [1.165, 1.54) is 12.4 Å². The molecule has 8 nitrogen and oxygen atoms in total. The van der Waals surface area contributed by atoms with Crippen LogP contribution in [0.2, 0.25) is 0 Å². The average molecular weight is 416 g/mol. The zero-order valence-corrected chi connectivity index (χ0v) is 17.1. The number of nitrogen functional groups attached to an aromatic ring is 1. The maximum absolute atomic E-state index is 12.8. The summed E-state index contributed by atoms with van der Waals surface area (Å²) >= 11 is 0. The molecule has 0 radical (unpaired) electrons. The van der Waals surface area contributed by atoms with Crippen molar-refractivity contribution in [3.8, 4) is 0 Å². The van der Waals surface area contributed by atoms with Crippen LogP contribution in [0.25, 0.3) is 0 Å². The number of likely N-dealkylation sites (tertiary alicyclic amines) is 1. The minimum Gasteiger partial charge on any atom is -0.382 e. The Balaban J connectivity index is 1.50. The molecule has 0 atom stereocenters. The smallest absolute Gasteiger partial charge is 0.273 e. The van der Waals surface area contributed by atoms with E-state index >= 15 is 0 Å². The van der Waals surface area contributed by atoms with Crippen LogP contribution in [0.3, 0.4) is 0 Å². The first kappa shape index (κ1) is 20.5. The Morgan fingerprint density at radius 1 is 1.00 bits per heavy atom.